The highest BCUT2D eigenvalue weighted by atomic mass is 35.5. The van der Waals surface area contributed by atoms with Crippen molar-refractivity contribution in [2.75, 3.05) is 5.73 Å². The average Bonchev–Trinajstić information content (AvgIpc) is 2.47. The Morgan fingerprint density at radius 3 is 2.83 bits per heavy atom. The SMILES string of the molecule is Cc1ncccc1C(=O)NC1CCCc2cc(N)ccc21.Cl.Cl. The van der Waals surface area contributed by atoms with E-state index in [2.05, 4.69) is 10.3 Å². The maximum Gasteiger partial charge on any atom is 0.253 e. The van der Waals surface area contributed by atoms with Crippen molar-refractivity contribution in [3.63, 3.8) is 0 Å². The minimum absolute atomic E-state index is 0. The van der Waals surface area contributed by atoms with Crippen molar-refractivity contribution >= 4 is 36.4 Å². The number of aromatic nitrogens is 1. The monoisotopic (exact) mass is 353 g/mol. The molecule has 1 aliphatic rings. The number of nitrogen functional groups attached to an aromatic ring is 1. The van der Waals surface area contributed by atoms with Crippen LogP contribution < -0.4 is 11.1 Å². The smallest absolute Gasteiger partial charge is 0.253 e. The van der Waals surface area contributed by atoms with E-state index in [1.54, 1.807) is 12.3 Å². The van der Waals surface area contributed by atoms with Gasteiger partial charge in [0.1, 0.15) is 0 Å². The highest BCUT2D eigenvalue weighted by Crippen LogP contribution is 2.31. The van der Waals surface area contributed by atoms with E-state index in [4.69, 9.17) is 5.73 Å². The summed E-state index contributed by atoms with van der Waals surface area (Å²) in [5, 5.41) is 3.13. The number of benzene rings is 1. The molecule has 1 atom stereocenters. The van der Waals surface area contributed by atoms with Crippen LogP contribution in [0.5, 0.6) is 0 Å². The Bertz CT molecular complexity index is 691. The molecule has 1 unspecified atom stereocenters. The number of nitrogens with zero attached hydrogens (tertiary/aromatic N) is 1. The molecule has 0 aliphatic heterocycles. The lowest BCUT2D eigenvalue weighted by molar-refractivity contribution is 0.0931. The molecule has 0 fully saturated rings. The van der Waals surface area contributed by atoms with Gasteiger partial charge in [0.15, 0.2) is 0 Å². The molecule has 0 saturated heterocycles. The number of hydrogen-bond acceptors (Lipinski definition) is 3. The average molecular weight is 354 g/mol. The topological polar surface area (TPSA) is 68.0 Å². The van der Waals surface area contributed by atoms with Crippen LogP contribution in [0.4, 0.5) is 5.69 Å². The summed E-state index contributed by atoms with van der Waals surface area (Å²) in [5.74, 6) is -0.0599. The number of carbonyl (C=O) groups is 1. The molecule has 1 heterocycles. The minimum Gasteiger partial charge on any atom is -0.399 e. The maximum atomic E-state index is 12.4. The van der Waals surface area contributed by atoms with Crippen LogP contribution in [0.1, 0.15) is 46.1 Å². The molecule has 0 saturated carbocycles. The lowest BCUT2D eigenvalue weighted by atomic mass is 9.87. The molecule has 0 bridgehead atoms. The van der Waals surface area contributed by atoms with Gasteiger partial charge >= 0.3 is 0 Å². The van der Waals surface area contributed by atoms with Crippen LogP contribution in [0.3, 0.4) is 0 Å². The fourth-order valence-corrected chi connectivity index (χ4v) is 2.94. The first-order valence-corrected chi connectivity index (χ1v) is 7.26. The van der Waals surface area contributed by atoms with Crippen LogP contribution in [-0.4, -0.2) is 10.9 Å². The fourth-order valence-electron chi connectivity index (χ4n) is 2.94. The summed E-state index contributed by atoms with van der Waals surface area (Å²) in [6.07, 6.45) is 4.75. The van der Waals surface area contributed by atoms with Crippen LogP contribution >= 0.6 is 24.8 Å². The molecule has 3 rings (SSSR count). The van der Waals surface area contributed by atoms with Crippen molar-refractivity contribution in [2.24, 2.45) is 0 Å². The van der Waals surface area contributed by atoms with Gasteiger partial charge in [-0.15, -0.1) is 24.8 Å². The van der Waals surface area contributed by atoms with E-state index < -0.39 is 0 Å². The Hall–Kier alpha value is -1.78. The Morgan fingerprint density at radius 1 is 1.30 bits per heavy atom. The largest absolute Gasteiger partial charge is 0.399 e. The summed E-state index contributed by atoms with van der Waals surface area (Å²) in [6.45, 7) is 1.85. The van der Waals surface area contributed by atoms with E-state index in [0.717, 1.165) is 30.6 Å². The summed E-state index contributed by atoms with van der Waals surface area (Å²) in [5.41, 5.74) is 10.4. The van der Waals surface area contributed by atoms with E-state index in [0.29, 0.717) is 5.56 Å². The molecule has 6 heteroatoms. The Labute approximate surface area is 148 Å². The summed E-state index contributed by atoms with van der Waals surface area (Å²) in [6, 6.07) is 9.61. The molecule has 124 valence electrons. The molecule has 4 nitrogen and oxygen atoms in total. The normalized spacial score (nSPS) is 15.6. The Balaban J connectivity index is 0.00000132. The summed E-state index contributed by atoms with van der Waals surface area (Å²) >= 11 is 0. The second-order valence-corrected chi connectivity index (χ2v) is 5.51. The first kappa shape index (κ1) is 19.3. The number of halogens is 2. The van der Waals surface area contributed by atoms with Gasteiger partial charge in [-0.3, -0.25) is 9.78 Å². The number of pyridine rings is 1. The van der Waals surface area contributed by atoms with Crippen LogP contribution in [0, 0.1) is 6.92 Å². The van der Waals surface area contributed by atoms with Gasteiger partial charge in [0.2, 0.25) is 0 Å². The first-order chi connectivity index (χ1) is 10.1. The molecule has 0 spiro atoms. The quantitative estimate of drug-likeness (QED) is 0.810. The Morgan fingerprint density at radius 2 is 2.09 bits per heavy atom. The molecule has 0 radical (unpaired) electrons. The molecular formula is C17H21Cl2N3O. The van der Waals surface area contributed by atoms with E-state index in [9.17, 15) is 4.79 Å². The van der Waals surface area contributed by atoms with E-state index in [-0.39, 0.29) is 36.8 Å². The van der Waals surface area contributed by atoms with Crippen molar-refractivity contribution < 1.29 is 4.79 Å². The fraction of sp³-hybridized carbons (Fsp3) is 0.294. The van der Waals surface area contributed by atoms with Crippen LogP contribution in [0.15, 0.2) is 36.5 Å². The number of fused-ring (bicyclic) bond motifs is 1. The zero-order valence-corrected chi connectivity index (χ0v) is 14.5. The van der Waals surface area contributed by atoms with Gasteiger partial charge in [0.25, 0.3) is 5.91 Å². The number of hydrogen-bond donors (Lipinski definition) is 2. The highest BCUT2D eigenvalue weighted by Gasteiger charge is 2.22. The van der Waals surface area contributed by atoms with Crippen molar-refractivity contribution in [1.82, 2.24) is 10.3 Å². The van der Waals surface area contributed by atoms with Gasteiger partial charge in [-0.1, -0.05) is 6.07 Å². The van der Waals surface area contributed by atoms with Crippen LogP contribution in [0.25, 0.3) is 0 Å². The zero-order valence-electron chi connectivity index (χ0n) is 12.9. The molecule has 2 aromatic rings. The van der Waals surface area contributed by atoms with E-state index >= 15 is 0 Å². The molecule has 1 amide bonds. The molecular weight excluding hydrogens is 333 g/mol. The third kappa shape index (κ3) is 4.15. The highest BCUT2D eigenvalue weighted by molar-refractivity contribution is 5.95. The van der Waals surface area contributed by atoms with Crippen LogP contribution in [-0.2, 0) is 6.42 Å². The molecule has 1 aromatic heterocycles. The van der Waals surface area contributed by atoms with E-state index in [1.807, 2.05) is 31.2 Å². The lowest BCUT2D eigenvalue weighted by Crippen LogP contribution is -2.31. The molecule has 3 N–H and O–H groups in total. The van der Waals surface area contributed by atoms with Crippen molar-refractivity contribution in [3.8, 4) is 0 Å². The first-order valence-electron chi connectivity index (χ1n) is 7.26. The van der Waals surface area contributed by atoms with Gasteiger partial charge in [-0.25, -0.2) is 0 Å². The minimum atomic E-state index is -0.0599. The Kier molecular flexibility index (Phi) is 6.85. The van der Waals surface area contributed by atoms with Gasteiger partial charge in [0.05, 0.1) is 11.6 Å². The molecule has 23 heavy (non-hydrogen) atoms. The molecule has 1 aliphatic carbocycles. The predicted molar refractivity (Wildman–Crippen MR) is 97.5 cm³/mol. The summed E-state index contributed by atoms with van der Waals surface area (Å²) in [4.78, 5) is 16.6. The van der Waals surface area contributed by atoms with Gasteiger partial charge in [0, 0.05) is 17.6 Å². The number of amides is 1. The van der Waals surface area contributed by atoms with Crippen molar-refractivity contribution in [2.45, 2.75) is 32.2 Å². The number of anilines is 1. The van der Waals surface area contributed by atoms with E-state index in [1.165, 1.54) is 11.1 Å². The molecule has 1 aromatic carbocycles. The standard InChI is InChI=1S/C17H19N3O.2ClH/c1-11-14(5-3-9-19-11)17(21)20-16-6-2-4-12-10-13(18)7-8-15(12)16;;/h3,5,7-10,16H,2,4,6,18H2,1H3,(H,20,21);2*1H. The van der Waals surface area contributed by atoms with Crippen molar-refractivity contribution in [1.29, 1.82) is 0 Å². The van der Waals surface area contributed by atoms with Gasteiger partial charge in [-0.2, -0.15) is 0 Å². The number of aryl methyl sites for hydroxylation is 2. The predicted octanol–water partition coefficient (Wildman–Crippen LogP) is 3.62. The lowest BCUT2D eigenvalue weighted by Gasteiger charge is -2.27. The number of carbonyl (C=O) groups excluding carboxylic acids is 1. The van der Waals surface area contributed by atoms with Crippen molar-refractivity contribution in [3.05, 3.63) is 58.9 Å². The number of nitrogens with one attached hydrogen (secondary N) is 1. The zero-order chi connectivity index (χ0) is 14.8. The second-order valence-electron chi connectivity index (χ2n) is 5.51. The summed E-state index contributed by atoms with van der Waals surface area (Å²) in [7, 11) is 0. The van der Waals surface area contributed by atoms with Gasteiger partial charge < -0.3 is 11.1 Å². The third-order valence-corrected chi connectivity index (χ3v) is 4.04. The summed E-state index contributed by atoms with van der Waals surface area (Å²) < 4.78 is 0. The third-order valence-electron chi connectivity index (χ3n) is 4.04. The number of nitrogens with two attached hydrogens (primary N) is 1. The maximum absolute atomic E-state index is 12.4. The number of rotatable bonds is 2. The second kappa shape index (κ2) is 8.18. The van der Waals surface area contributed by atoms with Gasteiger partial charge in [-0.05, 0) is 61.6 Å². The van der Waals surface area contributed by atoms with Crippen LogP contribution in [0.2, 0.25) is 0 Å².